The van der Waals surface area contributed by atoms with Crippen LogP contribution in [0.1, 0.15) is 15.9 Å². The van der Waals surface area contributed by atoms with Gasteiger partial charge in [-0.1, -0.05) is 35.0 Å². The summed E-state index contributed by atoms with van der Waals surface area (Å²) in [5.41, 5.74) is 7.09. The van der Waals surface area contributed by atoms with Gasteiger partial charge in [0.15, 0.2) is 0 Å². The first-order chi connectivity index (χ1) is 10.1. The zero-order valence-corrected chi connectivity index (χ0v) is 12.5. The summed E-state index contributed by atoms with van der Waals surface area (Å²) < 4.78 is 0. The SMILES string of the molecule is NCC#Cc1ccc(C(=O)Nc2cc(Cl)ccc2Cl)cc1. The van der Waals surface area contributed by atoms with E-state index in [4.69, 9.17) is 28.9 Å². The number of nitrogens with one attached hydrogen (secondary N) is 1. The zero-order valence-electron chi connectivity index (χ0n) is 11.0. The van der Waals surface area contributed by atoms with Gasteiger partial charge in [-0.2, -0.15) is 0 Å². The Bertz CT molecular complexity index is 715. The van der Waals surface area contributed by atoms with Gasteiger partial charge in [-0.15, -0.1) is 0 Å². The number of hydrogen-bond acceptors (Lipinski definition) is 2. The summed E-state index contributed by atoms with van der Waals surface area (Å²) in [7, 11) is 0. The Morgan fingerprint density at radius 3 is 2.52 bits per heavy atom. The number of rotatable bonds is 2. The first-order valence-corrected chi connectivity index (χ1v) is 6.91. The van der Waals surface area contributed by atoms with Crippen molar-refractivity contribution >= 4 is 34.8 Å². The van der Waals surface area contributed by atoms with Crippen LogP contribution in [-0.4, -0.2) is 12.5 Å². The van der Waals surface area contributed by atoms with Gasteiger partial charge < -0.3 is 11.1 Å². The zero-order chi connectivity index (χ0) is 15.2. The predicted octanol–water partition coefficient (Wildman–Crippen LogP) is 3.56. The predicted molar refractivity (Wildman–Crippen MR) is 86.8 cm³/mol. The average Bonchev–Trinajstić information content (AvgIpc) is 2.49. The van der Waals surface area contributed by atoms with Gasteiger partial charge in [0, 0.05) is 16.1 Å². The number of halogens is 2. The quantitative estimate of drug-likeness (QED) is 0.832. The molecule has 0 saturated heterocycles. The van der Waals surface area contributed by atoms with Crippen LogP contribution in [0.2, 0.25) is 10.0 Å². The van der Waals surface area contributed by atoms with E-state index in [2.05, 4.69) is 17.2 Å². The van der Waals surface area contributed by atoms with Gasteiger partial charge >= 0.3 is 0 Å². The summed E-state index contributed by atoms with van der Waals surface area (Å²) in [6.07, 6.45) is 0. The van der Waals surface area contributed by atoms with Crippen LogP contribution >= 0.6 is 23.2 Å². The van der Waals surface area contributed by atoms with Crippen LogP contribution in [-0.2, 0) is 0 Å². The molecule has 0 saturated carbocycles. The van der Waals surface area contributed by atoms with Crippen LogP contribution in [0.15, 0.2) is 42.5 Å². The van der Waals surface area contributed by atoms with Gasteiger partial charge in [0.2, 0.25) is 0 Å². The van der Waals surface area contributed by atoms with Gasteiger partial charge in [0.25, 0.3) is 5.91 Å². The molecule has 0 aliphatic heterocycles. The summed E-state index contributed by atoms with van der Waals surface area (Å²) in [6.45, 7) is 0.301. The molecule has 106 valence electrons. The van der Waals surface area contributed by atoms with Crippen LogP contribution in [0.25, 0.3) is 0 Å². The number of amides is 1. The molecule has 21 heavy (non-hydrogen) atoms. The highest BCUT2D eigenvalue weighted by Gasteiger charge is 2.08. The lowest BCUT2D eigenvalue weighted by Gasteiger charge is -2.07. The molecule has 2 aromatic rings. The monoisotopic (exact) mass is 318 g/mol. The summed E-state index contributed by atoms with van der Waals surface area (Å²) >= 11 is 11.9. The number of anilines is 1. The molecule has 0 heterocycles. The van der Waals surface area contributed by atoms with Gasteiger partial charge in [0.1, 0.15) is 0 Å². The highest BCUT2D eigenvalue weighted by atomic mass is 35.5. The van der Waals surface area contributed by atoms with E-state index in [1.165, 1.54) is 0 Å². The lowest BCUT2D eigenvalue weighted by molar-refractivity contribution is 0.102. The summed E-state index contributed by atoms with van der Waals surface area (Å²) in [5.74, 6) is 5.38. The third-order valence-electron chi connectivity index (χ3n) is 2.66. The highest BCUT2D eigenvalue weighted by Crippen LogP contribution is 2.25. The van der Waals surface area contributed by atoms with E-state index >= 15 is 0 Å². The minimum Gasteiger partial charge on any atom is -0.321 e. The van der Waals surface area contributed by atoms with Crippen LogP contribution in [0.5, 0.6) is 0 Å². The lowest BCUT2D eigenvalue weighted by Crippen LogP contribution is -2.12. The van der Waals surface area contributed by atoms with E-state index in [1.54, 1.807) is 42.5 Å². The maximum Gasteiger partial charge on any atom is 0.255 e. The third kappa shape index (κ3) is 4.24. The molecule has 0 spiro atoms. The molecule has 0 atom stereocenters. The second-order valence-corrected chi connectivity index (χ2v) is 5.01. The third-order valence-corrected chi connectivity index (χ3v) is 3.22. The average molecular weight is 319 g/mol. The number of carbonyl (C=O) groups excluding carboxylic acids is 1. The minimum absolute atomic E-state index is 0.266. The largest absolute Gasteiger partial charge is 0.321 e. The number of carbonyl (C=O) groups is 1. The minimum atomic E-state index is -0.266. The normalized spacial score (nSPS) is 9.67. The van der Waals surface area contributed by atoms with Crippen LogP contribution < -0.4 is 11.1 Å². The van der Waals surface area contributed by atoms with E-state index in [0.717, 1.165) is 5.56 Å². The van der Waals surface area contributed by atoms with E-state index in [0.29, 0.717) is 27.8 Å². The molecule has 5 heteroatoms. The number of benzene rings is 2. The Morgan fingerprint density at radius 2 is 1.86 bits per heavy atom. The lowest BCUT2D eigenvalue weighted by atomic mass is 10.1. The maximum atomic E-state index is 12.1. The molecule has 0 bridgehead atoms. The van der Waals surface area contributed by atoms with Crippen molar-refractivity contribution in [3.05, 3.63) is 63.6 Å². The van der Waals surface area contributed by atoms with Crippen molar-refractivity contribution in [3.8, 4) is 11.8 Å². The molecule has 0 aliphatic carbocycles. The molecule has 2 rings (SSSR count). The molecule has 0 aromatic heterocycles. The van der Waals surface area contributed by atoms with Crippen molar-refractivity contribution in [1.29, 1.82) is 0 Å². The molecule has 3 nitrogen and oxygen atoms in total. The van der Waals surface area contributed by atoms with E-state index < -0.39 is 0 Å². The van der Waals surface area contributed by atoms with Crippen molar-refractivity contribution < 1.29 is 4.79 Å². The van der Waals surface area contributed by atoms with Crippen molar-refractivity contribution in [2.45, 2.75) is 0 Å². The molecular weight excluding hydrogens is 307 g/mol. The number of nitrogens with two attached hydrogens (primary N) is 1. The van der Waals surface area contributed by atoms with Crippen LogP contribution in [0, 0.1) is 11.8 Å². The van der Waals surface area contributed by atoms with E-state index in [9.17, 15) is 4.79 Å². The Morgan fingerprint density at radius 1 is 1.14 bits per heavy atom. The Hall–Kier alpha value is -1.99. The molecule has 0 radical (unpaired) electrons. The Balaban J connectivity index is 2.15. The van der Waals surface area contributed by atoms with Gasteiger partial charge in [-0.3, -0.25) is 4.79 Å². The summed E-state index contributed by atoms with van der Waals surface area (Å²) in [5, 5.41) is 3.65. The van der Waals surface area contributed by atoms with Crippen molar-refractivity contribution in [2.24, 2.45) is 5.73 Å². The van der Waals surface area contributed by atoms with Gasteiger partial charge in [-0.05, 0) is 42.5 Å². The Kier molecular flexibility index (Phi) is 5.24. The fraction of sp³-hybridized carbons (Fsp3) is 0.0625. The van der Waals surface area contributed by atoms with Gasteiger partial charge in [0.05, 0.1) is 17.3 Å². The molecule has 0 fully saturated rings. The smallest absolute Gasteiger partial charge is 0.255 e. The highest BCUT2D eigenvalue weighted by molar-refractivity contribution is 6.35. The molecule has 2 aromatic carbocycles. The van der Waals surface area contributed by atoms with Crippen molar-refractivity contribution in [2.75, 3.05) is 11.9 Å². The second-order valence-electron chi connectivity index (χ2n) is 4.16. The van der Waals surface area contributed by atoms with Crippen molar-refractivity contribution in [3.63, 3.8) is 0 Å². The fourth-order valence-electron chi connectivity index (χ4n) is 1.65. The summed E-state index contributed by atoms with van der Waals surface area (Å²) in [4.78, 5) is 12.1. The standard InChI is InChI=1S/C16H12Cl2N2O/c17-13-7-8-14(18)15(10-13)20-16(21)12-5-3-11(4-6-12)2-1-9-19/h3-8,10H,9,19H2,(H,20,21). The fourth-order valence-corrected chi connectivity index (χ4v) is 1.98. The Labute approximate surface area is 133 Å². The first-order valence-electron chi connectivity index (χ1n) is 6.15. The number of hydrogen-bond donors (Lipinski definition) is 2. The van der Waals surface area contributed by atoms with Gasteiger partial charge in [-0.25, -0.2) is 0 Å². The maximum absolute atomic E-state index is 12.1. The molecular formula is C16H12Cl2N2O. The van der Waals surface area contributed by atoms with E-state index in [1.807, 2.05) is 0 Å². The topological polar surface area (TPSA) is 55.1 Å². The second kappa shape index (κ2) is 7.14. The molecule has 1 amide bonds. The molecule has 0 aliphatic rings. The van der Waals surface area contributed by atoms with Crippen LogP contribution in [0.4, 0.5) is 5.69 Å². The molecule has 0 unspecified atom stereocenters. The summed E-state index contributed by atoms with van der Waals surface area (Å²) in [6, 6.07) is 11.8. The van der Waals surface area contributed by atoms with E-state index in [-0.39, 0.29) is 5.91 Å². The first kappa shape index (κ1) is 15.4. The van der Waals surface area contributed by atoms with Crippen molar-refractivity contribution in [1.82, 2.24) is 0 Å². The van der Waals surface area contributed by atoms with Crippen LogP contribution in [0.3, 0.4) is 0 Å². The molecule has 3 N–H and O–H groups in total.